The number of piperidine rings is 1. The van der Waals surface area contributed by atoms with Gasteiger partial charge in [-0.3, -0.25) is 0 Å². The number of hydrogen-bond donors (Lipinski definition) is 2. The van der Waals surface area contributed by atoms with Crippen LogP contribution in [0.1, 0.15) is 18.4 Å². The molecule has 2 aromatic rings. The summed E-state index contributed by atoms with van der Waals surface area (Å²) in [5, 5.41) is 7.16. The zero-order valence-electron chi connectivity index (χ0n) is 14.0. The first-order chi connectivity index (χ1) is 11.3. The molecule has 0 radical (unpaired) electrons. The highest BCUT2D eigenvalue weighted by Gasteiger charge is 2.18. The van der Waals surface area contributed by atoms with Crippen LogP contribution in [0.3, 0.4) is 0 Å². The van der Waals surface area contributed by atoms with E-state index >= 15 is 0 Å². The van der Waals surface area contributed by atoms with Crippen LogP contribution in [0.15, 0.2) is 54.6 Å². The van der Waals surface area contributed by atoms with Crippen LogP contribution < -0.4 is 10.6 Å². The predicted molar refractivity (Wildman–Crippen MR) is 99.2 cm³/mol. The van der Waals surface area contributed by atoms with Crippen molar-refractivity contribution in [2.45, 2.75) is 25.8 Å². The molecule has 0 unspecified atom stereocenters. The molecule has 23 heavy (non-hydrogen) atoms. The van der Waals surface area contributed by atoms with Crippen molar-refractivity contribution in [2.75, 3.05) is 36.8 Å². The van der Waals surface area contributed by atoms with Gasteiger partial charge in [0.05, 0.1) is 0 Å². The van der Waals surface area contributed by atoms with Crippen molar-refractivity contribution < 1.29 is 0 Å². The van der Waals surface area contributed by atoms with Crippen molar-refractivity contribution in [3.8, 4) is 0 Å². The van der Waals surface area contributed by atoms with Crippen LogP contribution in [-0.4, -0.2) is 37.1 Å². The molecule has 1 aliphatic heterocycles. The smallest absolute Gasteiger partial charge is 0.0342 e. The van der Waals surface area contributed by atoms with E-state index in [2.05, 4.69) is 77.1 Å². The van der Waals surface area contributed by atoms with Crippen molar-refractivity contribution in [2.24, 2.45) is 0 Å². The van der Waals surface area contributed by atoms with E-state index in [1.54, 1.807) is 0 Å². The largest absolute Gasteiger partial charge is 0.384 e. The standard InChI is InChI=1S/C20H27N3/c1-17-7-9-19(10-8-17)22-20-11-14-23(15-12-20)16-13-21-18-5-3-2-4-6-18/h2-10,20-22H,11-16H2,1H3. The molecule has 3 nitrogen and oxygen atoms in total. The Morgan fingerprint density at radius 2 is 1.61 bits per heavy atom. The first-order valence-electron chi connectivity index (χ1n) is 8.64. The molecule has 1 saturated heterocycles. The zero-order valence-corrected chi connectivity index (χ0v) is 14.0. The van der Waals surface area contributed by atoms with Crippen LogP contribution in [-0.2, 0) is 0 Å². The van der Waals surface area contributed by atoms with E-state index in [0.717, 1.165) is 13.1 Å². The second kappa shape index (κ2) is 8.02. The molecule has 0 atom stereocenters. The zero-order chi connectivity index (χ0) is 15.9. The van der Waals surface area contributed by atoms with Crippen LogP contribution in [0.2, 0.25) is 0 Å². The van der Waals surface area contributed by atoms with Gasteiger partial charge >= 0.3 is 0 Å². The summed E-state index contributed by atoms with van der Waals surface area (Å²) in [5.74, 6) is 0. The highest BCUT2D eigenvalue weighted by atomic mass is 15.2. The second-order valence-corrected chi connectivity index (χ2v) is 6.42. The van der Waals surface area contributed by atoms with Crippen LogP contribution >= 0.6 is 0 Å². The summed E-state index contributed by atoms with van der Waals surface area (Å²) in [6, 6.07) is 19.8. The topological polar surface area (TPSA) is 27.3 Å². The lowest BCUT2D eigenvalue weighted by atomic mass is 10.0. The monoisotopic (exact) mass is 309 g/mol. The van der Waals surface area contributed by atoms with Crippen LogP contribution in [0.5, 0.6) is 0 Å². The SMILES string of the molecule is Cc1ccc(NC2CCN(CCNc3ccccc3)CC2)cc1. The summed E-state index contributed by atoms with van der Waals surface area (Å²) in [6.45, 7) is 6.62. The molecular formula is C20H27N3. The Balaban J connectivity index is 1.36. The molecule has 3 heteroatoms. The second-order valence-electron chi connectivity index (χ2n) is 6.42. The predicted octanol–water partition coefficient (Wildman–Crippen LogP) is 3.98. The number of aryl methyl sites for hydroxylation is 1. The first kappa shape index (κ1) is 15.9. The maximum Gasteiger partial charge on any atom is 0.0342 e. The molecule has 0 bridgehead atoms. The highest BCUT2D eigenvalue weighted by Crippen LogP contribution is 2.17. The minimum Gasteiger partial charge on any atom is -0.384 e. The van der Waals surface area contributed by atoms with Gasteiger partial charge in [-0.15, -0.1) is 0 Å². The molecule has 3 rings (SSSR count). The minimum absolute atomic E-state index is 0.607. The fourth-order valence-corrected chi connectivity index (χ4v) is 3.10. The van der Waals surface area contributed by atoms with Gasteiger partial charge in [0.1, 0.15) is 0 Å². The Morgan fingerprint density at radius 1 is 0.913 bits per heavy atom. The Hall–Kier alpha value is -2.00. The molecule has 122 valence electrons. The first-order valence-corrected chi connectivity index (χ1v) is 8.64. The third kappa shape index (κ3) is 5.00. The Morgan fingerprint density at radius 3 is 2.30 bits per heavy atom. The molecule has 2 N–H and O–H groups in total. The van der Waals surface area contributed by atoms with E-state index in [9.17, 15) is 0 Å². The molecule has 1 heterocycles. The Labute approximate surface area is 139 Å². The maximum absolute atomic E-state index is 3.67. The summed E-state index contributed by atoms with van der Waals surface area (Å²) in [7, 11) is 0. The van der Waals surface area contributed by atoms with Crippen LogP contribution in [0.4, 0.5) is 11.4 Å². The van der Waals surface area contributed by atoms with Gasteiger partial charge in [0.2, 0.25) is 0 Å². The number of hydrogen-bond acceptors (Lipinski definition) is 3. The van der Waals surface area contributed by atoms with Crippen molar-refractivity contribution in [3.05, 3.63) is 60.2 Å². The molecule has 0 aliphatic carbocycles. The van der Waals surface area contributed by atoms with Crippen molar-refractivity contribution in [1.82, 2.24) is 4.90 Å². The van der Waals surface area contributed by atoms with E-state index < -0.39 is 0 Å². The van der Waals surface area contributed by atoms with Gasteiger partial charge in [-0.05, 0) is 44.0 Å². The molecular weight excluding hydrogens is 282 g/mol. The van der Waals surface area contributed by atoms with E-state index in [1.807, 2.05) is 0 Å². The summed E-state index contributed by atoms with van der Waals surface area (Å²) in [6.07, 6.45) is 2.44. The van der Waals surface area contributed by atoms with Gasteiger partial charge < -0.3 is 15.5 Å². The number of anilines is 2. The maximum atomic E-state index is 3.67. The molecule has 0 amide bonds. The molecule has 0 spiro atoms. The summed E-state index contributed by atoms with van der Waals surface area (Å²) in [5.41, 5.74) is 3.78. The van der Waals surface area contributed by atoms with E-state index in [-0.39, 0.29) is 0 Å². The van der Waals surface area contributed by atoms with Gasteiger partial charge in [-0.2, -0.15) is 0 Å². The lowest BCUT2D eigenvalue weighted by Gasteiger charge is -2.33. The quantitative estimate of drug-likeness (QED) is 0.845. The molecule has 0 aromatic heterocycles. The Kier molecular flexibility index (Phi) is 5.54. The van der Waals surface area contributed by atoms with Crippen molar-refractivity contribution >= 4 is 11.4 Å². The fourth-order valence-electron chi connectivity index (χ4n) is 3.10. The number of nitrogens with one attached hydrogen (secondary N) is 2. The van der Waals surface area contributed by atoms with Crippen molar-refractivity contribution in [3.63, 3.8) is 0 Å². The highest BCUT2D eigenvalue weighted by molar-refractivity contribution is 5.45. The number of para-hydroxylation sites is 1. The third-order valence-corrected chi connectivity index (χ3v) is 4.54. The van der Waals surface area contributed by atoms with Gasteiger partial charge in [0.25, 0.3) is 0 Å². The summed E-state index contributed by atoms with van der Waals surface area (Å²) >= 11 is 0. The normalized spacial score (nSPS) is 16.2. The van der Waals surface area contributed by atoms with E-state index in [1.165, 1.54) is 42.9 Å². The van der Waals surface area contributed by atoms with Gasteiger partial charge in [0, 0.05) is 43.6 Å². The van der Waals surface area contributed by atoms with Gasteiger partial charge in [-0.1, -0.05) is 35.9 Å². The average molecular weight is 309 g/mol. The molecule has 1 aliphatic rings. The lowest BCUT2D eigenvalue weighted by Crippen LogP contribution is -2.41. The number of nitrogens with zero attached hydrogens (tertiary/aromatic N) is 1. The fraction of sp³-hybridized carbons (Fsp3) is 0.400. The average Bonchev–Trinajstić information content (AvgIpc) is 2.59. The lowest BCUT2D eigenvalue weighted by molar-refractivity contribution is 0.226. The van der Waals surface area contributed by atoms with E-state index in [4.69, 9.17) is 0 Å². The molecule has 0 saturated carbocycles. The number of likely N-dealkylation sites (tertiary alicyclic amines) is 1. The summed E-state index contributed by atoms with van der Waals surface area (Å²) < 4.78 is 0. The Bertz CT molecular complexity index is 572. The number of rotatable bonds is 6. The van der Waals surface area contributed by atoms with Crippen LogP contribution in [0, 0.1) is 6.92 Å². The van der Waals surface area contributed by atoms with E-state index in [0.29, 0.717) is 6.04 Å². The molecule has 1 fully saturated rings. The van der Waals surface area contributed by atoms with Gasteiger partial charge in [0.15, 0.2) is 0 Å². The third-order valence-electron chi connectivity index (χ3n) is 4.54. The van der Waals surface area contributed by atoms with Crippen LogP contribution in [0.25, 0.3) is 0 Å². The van der Waals surface area contributed by atoms with Crippen molar-refractivity contribution in [1.29, 1.82) is 0 Å². The minimum atomic E-state index is 0.607. The molecule has 2 aromatic carbocycles. The number of benzene rings is 2. The summed E-state index contributed by atoms with van der Waals surface area (Å²) in [4.78, 5) is 2.56. The van der Waals surface area contributed by atoms with Gasteiger partial charge in [-0.25, -0.2) is 0 Å².